The van der Waals surface area contributed by atoms with Crippen molar-refractivity contribution in [1.29, 1.82) is 0 Å². The lowest BCUT2D eigenvalue weighted by Crippen LogP contribution is -2.24. The van der Waals surface area contributed by atoms with Crippen LogP contribution < -0.4 is 10.2 Å². The third kappa shape index (κ3) is 6.07. The van der Waals surface area contributed by atoms with E-state index >= 15 is 0 Å². The second-order valence-corrected chi connectivity index (χ2v) is 6.34. The van der Waals surface area contributed by atoms with Gasteiger partial charge in [0.2, 0.25) is 0 Å². The van der Waals surface area contributed by atoms with Crippen molar-refractivity contribution in [2.75, 3.05) is 6.61 Å². The van der Waals surface area contributed by atoms with Gasteiger partial charge in [0.05, 0.1) is 11.1 Å². The molecule has 0 fully saturated rings. The molecule has 0 saturated carbocycles. The Hall–Kier alpha value is -2.93. The van der Waals surface area contributed by atoms with Crippen LogP contribution in [-0.2, 0) is 4.79 Å². The molecule has 1 atom stereocenters. The van der Waals surface area contributed by atoms with Gasteiger partial charge in [0.15, 0.2) is 6.61 Å². The smallest absolute Gasteiger partial charge is 0.288 e. The Morgan fingerprint density at radius 3 is 2.67 bits per heavy atom. The largest absolute Gasteiger partial charge is 0.484 e. The van der Waals surface area contributed by atoms with Crippen LogP contribution in [0.15, 0.2) is 47.6 Å². The number of halogens is 1. The number of ether oxygens (including phenoxy) is 1. The first kappa shape index (κ1) is 20.4. The van der Waals surface area contributed by atoms with Gasteiger partial charge in [0.25, 0.3) is 11.6 Å². The quantitative estimate of drug-likeness (QED) is 0.414. The summed E-state index contributed by atoms with van der Waals surface area (Å²) in [6.07, 6.45) is 2.35. The van der Waals surface area contributed by atoms with E-state index < -0.39 is 10.8 Å². The molecule has 7 nitrogen and oxygen atoms in total. The van der Waals surface area contributed by atoms with E-state index in [0.717, 1.165) is 6.42 Å². The van der Waals surface area contributed by atoms with E-state index in [9.17, 15) is 14.9 Å². The number of carbonyl (C=O) groups excluding carboxylic acids is 1. The Morgan fingerprint density at radius 2 is 2.04 bits per heavy atom. The third-order valence-electron chi connectivity index (χ3n) is 4.00. The number of hydrogen-bond acceptors (Lipinski definition) is 5. The summed E-state index contributed by atoms with van der Waals surface area (Å²) in [6.45, 7) is 4.08. The molecule has 1 amide bonds. The van der Waals surface area contributed by atoms with Gasteiger partial charge in [-0.25, -0.2) is 5.43 Å². The van der Waals surface area contributed by atoms with E-state index in [0.29, 0.717) is 17.2 Å². The molecule has 0 radical (unpaired) electrons. The summed E-state index contributed by atoms with van der Waals surface area (Å²) in [5, 5.41) is 14.6. The van der Waals surface area contributed by atoms with Crippen LogP contribution in [0, 0.1) is 10.1 Å². The van der Waals surface area contributed by atoms with Gasteiger partial charge in [-0.2, -0.15) is 5.10 Å². The fourth-order valence-corrected chi connectivity index (χ4v) is 2.42. The van der Waals surface area contributed by atoms with Gasteiger partial charge in [-0.1, -0.05) is 43.6 Å². The van der Waals surface area contributed by atoms with E-state index in [1.165, 1.54) is 23.9 Å². The lowest BCUT2D eigenvalue weighted by atomic mass is 9.99. The molecule has 0 unspecified atom stereocenters. The summed E-state index contributed by atoms with van der Waals surface area (Å²) in [4.78, 5) is 22.0. The van der Waals surface area contributed by atoms with Crippen molar-refractivity contribution in [1.82, 2.24) is 5.43 Å². The fraction of sp³-hybridized carbons (Fsp3) is 0.263. The van der Waals surface area contributed by atoms with Crippen molar-refractivity contribution >= 4 is 29.4 Å². The number of benzene rings is 2. The summed E-state index contributed by atoms with van der Waals surface area (Å²) in [6, 6.07) is 11.8. The fourth-order valence-electron chi connectivity index (χ4n) is 2.24. The van der Waals surface area contributed by atoms with Crippen molar-refractivity contribution in [3.8, 4) is 5.75 Å². The van der Waals surface area contributed by atoms with Crippen LogP contribution in [0.2, 0.25) is 5.02 Å². The van der Waals surface area contributed by atoms with Gasteiger partial charge in [-0.15, -0.1) is 0 Å². The van der Waals surface area contributed by atoms with Crippen molar-refractivity contribution < 1.29 is 14.5 Å². The van der Waals surface area contributed by atoms with Gasteiger partial charge < -0.3 is 4.74 Å². The number of hydrazone groups is 1. The number of carbonyl (C=O) groups is 1. The molecule has 1 N–H and O–H groups in total. The molecule has 0 heterocycles. The summed E-state index contributed by atoms with van der Waals surface area (Å²) in [7, 11) is 0. The summed E-state index contributed by atoms with van der Waals surface area (Å²) >= 11 is 5.74. The molecule has 2 aromatic carbocycles. The van der Waals surface area contributed by atoms with Crippen LogP contribution in [0.25, 0.3) is 0 Å². The normalized spacial score (nSPS) is 12.0. The average Bonchev–Trinajstić information content (AvgIpc) is 2.67. The van der Waals surface area contributed by atoms with E-state index in [1.54, 1.807) is 6.07 Å². The summed E-state index contributed by atoms with van der Waals surface area (Å²) < 4.78 is 5.41. The van der Waals surface area contributed by atoms with Crippen LogP contribution in [0.1, 0.15) is 37.3 Å². The van der Waals surface area contributed by atoms with Gasteiger partial charge >= 0.3 is 0 Å². The molecule has 0 spiro atoms. The van der Waals surface area contributed by atoms with Crippen LogP contribution >= 0.6 is 11.6 Å². The third-order valence-corrected chi connectivity index (χ3v) is 4.32. The van der Waals surface area contributed by atoms with Crippen molar-refractivity contribution in [2.24, 2.45) is 5.10 Å². The number of nitro benzene ring substituents is 1. The van der Waals surface area contributed by atoms with Crippen LogP contribution in [0.3, 0.4) is 0 Å². The van der Waals surface area contributed by atoms with Gasteiger partial charge in [0, 0.05) is 11.6 Å². The predicted octanol–water partition coefficient (Wildman–Crippen LogP) is 4.29. The monoisotopic (exact) mass is 389 g/mol. The highest BCUT2D eigenvalue weighted by molar-refractivity contribution is 6.32. The Balaban J connectivity index is 1.85. The number of nitro groups is 1. The number of nitrogens with zero attached hydrogens (tertiary/aromatic N) is 2. The highest BCUT2D eigenvalue weighted by Gasteiger charge is 2.12. The topological polar surface area (TPSA) is 93.8 Å². The van der Waals surface area contributed by atoms with Crippen molar-refractivity contribution in [2.45, 2.75) is 26.2 Å². The lowest BCUT2D eigenvalue weighted by Gasteiger charge is -2.10. The first-order chi connectivity index (χ1) is 12.9. The van der Waals surface area contributed by atoms with E-state index in [2.05, 4.69) is 24.4 Å². The molecule has 0 bridgehead atoms. The predicted molar refractivity (Wildman–Crippen MR) is 104 cm³/mol. The van der Waals surface area contributed by atoms with Gasteiger partial charge in [-0.05, 0) is 36.1 Å². The van der Waals surface area contributed by atoms with Crippen LogP contribution in [0.4, 0.5) is 5.69 Å². The molecular weight excluding hydrogens is 370 g/mol. The number of amides is 1. The van der Waals surface area contributed by atoms with Gasteiger partial charge in [-0.3, -0.25) is 14.9 Å². The summed E-state index contributed by atoms with van der Waals surface area (Å²) in [5.41, 5.74) is 3.74. The number of hydrogen-bond donors (Lipinski definition) is 1. The maximum atomic E-state index is 11.8. The Bertz CT molecular complexity index is 837. The van der Waals surface area contributed by atoms with Crippen molar-refractivity contribution in [3.63, 3.8) is 0 Å². The standard InChI is InChI=1S/C19H20ClN3O4/c1-3-13(2)15-5-7-16(8-6-15)27-12-19(24)22-21-11-14-4-9-17(20)18(10-14)23(25)26/h4-11,13H,3,12H2,1-2H3,(H,22,24)/b21-11-/t13-/m0/s1. The average molecular weight is 390 g/mol. The summed E-state index contributed by atoms with van der Waals surface area (Å²) in [5.74, 6) is 0.621. The maximum Gasteiger partial charge on any atom is 0.288 e. The minimum absolute atomic E-state index is 0.0361. The Labute approximate surface area is 162 Å². The Morgan fingerprint density at radius 1 is 1.33 bits per heavy atom. The second kappa shape index (κ2) is 9.68. The van der Waals surface area contributed by atoms with Crippen LogP contribution in [-0.4, -0.2) is 23.7 Å². The van der Waals surface area contributed by atoms with E-state index in [1.807, 2.05) is 24.3 Å². The molecule has 2 aromatic rings. The molecule has 142 valence electrons. The Kier molecular flexibility index (Phi) is 7.31. The van der Waals surface area contributed by atoms with E-state index in [-0.39, 0.29) is 17.3 Å². The maximum absolute atomic E-state index is 11.8. The van der Waals surface area contributed by atoms with E-state index in [4.69, 9.17) is 16.3 Å². The molecule has 0 aliphatic heterocycles. The molecule has 0 aliphatic carbocycles. The minimum Gasteiger partial charge on any atom is -0.484 e. The minimum atomic E-state index is -0.585. The molecule has 8 heteroatoms. The zero-order valence-electron chi connectivity index (χ0n) is 15.0. The highest BCUT2D eigenvalue weighted by atomic mass is 35.5. The van der Waals surface area contributed by atoms with Crippen LogP contribution in [0.5, 0.6) is 5.75 Å². The molecule has 0 aliphatic rings. The number of nitrogens with one attached hydrogen (secondary N) is 1. The highest BCUT2D eigenvalue weighted by Crippen LogP contribution is 2.24. The first-order valence-corrected chi connectivity index (χ1v) is 8.77. The zero-order chi connectivity index (χ0) is 19.8. The second-order valence-electron chi connectivity index (χ2n) is 5.93. The first-order valence-electron chi connectivity index (χ1n) is 8.39. The molecule has 0 saturated heterocycles. The molecule has 0 aromatic heterocycles. The van der Waals surface area contributed by atoms with Crippen molar-refractivity contribution in [3.05, 3.63) is 68.7 Å². The molecule has 27 heavy (non-hydrogen) atoms. The SMILES string of the molecule is CC[C@H](C)c1ccc(OCC(=O)N/N=C\c2ccc(Cl)c([N+](=O)[O-])c2)cc1. The lowest BCUT2D eigenvalue weighted by molar-refractivity contribution is -0.384. The number of rotatable bonds is 8. The molecule has 2 rings (SSSR count). The van der Waals surface area contributed by atoms with Gasteiger partial charge in [0.1, 0.15) is 10.8 Å². The zero-order valence-corrected chi connectivity index (χ0v) is 15.8. The molecular formula is C19H20ClN3O4.